The number of hydrogen-bond acceptors (Lipinski definition) is 5. The molecule has 0 bridgehead atoms. The molecule has 2 aromatic rings. The molecule has 31 heavy (non-hydrogen) atoms. The summed E-state index contributed by atoms with van der Waals surface area (Å²) in [7, 11) is 1.64. The van der Waals surface area contributed by atoms with Gasteiger partial charge in [0.05, 0.1) is 12.6 Å². The first-order chi connectivity index (χ1) is 15.1. The first kappa shape index (κ1) is 20.8. The van der Waals surface area contributed by atoms with Crippen molar-refractivity contribution in [3.63, 3.8) is 0 Å². The van der Waals surface area contributed by atoms with E-state index in [0.717, 1.165) is 62.1 Å². The Labute approximate surface area is 184 Å². The predicted molar refractivity (Wildman–Crippen MR) is 122 cm³/mol. The van der Waals surface area contributed by atoms with Crippen LogP contribution in [0.15, 0.2) is 12.1 Å². The lowest BCUT2D eigenvalue weighted by molar-refractivity contribution is 0.148. The van der Waals surface area contributed by atoms with Crippen molar-refractivity contribution < 1.29 is 13.9 Å². The largest absolute Gasteiger partial charge is 0.493 e. The van der Waals surface area contributed by atoms with Gasteiger partial charge in [0, 0.05) is 35.9 Å². The molecule has 1 saturated carbocycles. The molecule has 1 N–H and O–H groups in total. The van der Waals surface area contributed by atoms with Gasteiger partial charge in [0.2, 0.25) is 0 Å². The molecule has 1 aromatic heterocycles. The molecule has 2 unspecified atom stereocenters. The van der Waals surface area contributed by atoms with Crippen LogP contribution in [0.2, 0.25) is 0 Å². The second-order valence-corrected chi connectivity index (χ2v) is 9.69. The molecule has 0 amide bonds. The summed E-state index contributed by atoms with van der Waals surface area (Å²) in [5.41, 5.74) is 4.65. The van der Waals surface area contributed by atoms with Crippen LogP contribution in [0.25, 0.3) is 10.9 Å². The highest BCUT2D eigenvalue weighted by molar-refractivity contribution is 5.96. The van der Waals surface area contributed by atoms with Gasteiger partial charge in [-0.25, -0.2) is 4.39 Å². The van der Waals surface area contributed by atoms with Crippen molar-refractivity contribution >= 4 is 16.6 Å². The van der Waals surface area contributed by atoms with Crippen LogP contribution in [0.4, 0.5) is 10.1 Å². The summed E-state index contributed by atoms with van der Waals surface area (Å²) in [5.74, 6) is 2.62. The Morgan fingerprint density at radius 3 is 2.74 bits per heavy atom. The SMILES string of the molecule is COc1cc2c(NCC3CC3)c3c(nc2cc1OCC(F)CN1CCCC1)CC(C)C3. The van der Waals surface area contributed by atoms with E-state index in [4.69, 9.17) is 14.5 Å². The van der Waals surface area contributed by atoms with Gasteiger partial charge in [-0.15, -0.1) is 0 Å². The molecule has 6 heteroatoms. The molecule has 1 saturated heterocycles. The molecule has 0 radical (unpaired) electrons. The summed E-state index contributed by atoms with van der Waals surface area (Å²) in [6.07, 6.45) is 6.02. The number of nitrogens with zero attached hydrogens (tertiary/aromatic N) is 2. The molecule has 5 rings (SSSR count). The number of nitrogens with one attached hydrogen (secondary N) is 1. The zero-order valence-electron chi connectivity index (χ0n) is 18.8. The lowest BCUT2D eigenvalue weighted by Crippen LogP contribution is -2.31. The van der Waals surface area contributed by atoms with Crippen molar-refractivity contribution in [1.29, 1.82) is 0 Å². The van der Waals surface area contributed by atoms with Crippen LogP contribution in [0.3, 0.4) is 0 Å². The number of ether oxygens (including phenoxy) is 2. The van der Waals surface area contributed by atoms with Gasteiger partial charge in [0.1, 0.15) is 12.8 Å². The van der Waals surface area contributed by atoms with Crippen molar-refractivity contribution in [3.8, 4) is 11.5 Å². The van der Waals surface area contributed by atoms with E-state index in [0.29, 0.717) is 24.0 Å². The van der Waals surface area contributed by atoms with E-state index in [1.54, 1.807) is 7.11 Å². The van der Waals surface area contributed by atoms with Crippen LogP contribution in [-0.2, 0) is 12.8 Å². The number of likely N-dealkylation sites (tertiary alicyclic amines) is 1. The molecule has 2 aliphatic carbocycles. The zero-order chi connectivity index (χ0) is 21.4. The van der Waals surface area contributed by atoms with Crippen molar-refractivity contribution in [2.45, 2.75) is 51.6 Å². The number of benzene rings is 1. The minimum atomic E-state index is -1.01. The average molecular weight is 428 g/mol. The van der Waals surface area contributed by atoms with Gasteiger partial charge >= 0.3 is 0 Å². The summed E-state index contributed by atoms with van der Waals surface area (Å²) in [6, 6.07) is 3.95. The topological polar surface area (TPSA) is 46.6 Å². The summed E-state index contributed by atoms with van der Waals surface area (Å²) >= 11 is 0. The number of rotatable bonds is 9. The minimum Gasteiger partial charge on any atom is -0.493 e. The second kappa shape index (κ2) is 8.81. The third kappa shape index (κ3) is 4.59. The first-order valence-corrected chi connectivity index (χ1v) is 11.9. The molecular weight excluding hydrogens is 393 g/mol. The smallest absolute Gasteiger partial charge is 0.163 e. The van der Waals surface area contributed by atoms with E-state index in [1.807, 2.05) is 12.1 Å². The summed E-state index contributed by atoms with van der Waals surface area (Å²) in [6.45, 7) is 5.75. The van der Waals surface area contributed by atoms with Crippen molar-refractivity contribution in [1.82, 2.24) is 9.88 Å². The standard InChI is InChI=1S/C25H34FN3O2/c1-16-9-19-21(10-16)28-22-12-24(31-15-18(26)14-29-7-3-4-8-29)23(30-2)11-20(22)25(19)27-13-17-5-6-17/h11-12,16-18H,3-10,13-15H2,1-2H3,(H,27,28). The van der Waals surface area contributed by atoms with E-state index in [1.165, 1.54) is 29.8 Å². The van der Waals surface area contributed by atoms with Gasteiger partial charge < -0.3 is 19.7 Å². The maximum Gasteiger partial charge on any atom is 0.163 e. The third-order valence-corrected chi connectivity index (χ3v) is 6.89. The van der Waals surface area contributed by atoms with Gasteiger partial charge in [0.15, 0.2) is 11.5 Å². The lowest BCUT2D eigenvalue weighted by Gasteiger charge is -2.20. The minimum absolute atomic E-state index is 0.0348. The van der Waals surface area contributed by atoms with E-state index < -0.39 is 6.17 Å². The molecule has 2 atom stereocenters. The average Bonchev–Trinajstić information content (AvgIpc) is 3.30. The fourth-order valence-corrected chi connectivity index (χ4v) is 5.02. The first-order valence-electron chi connectivity index (χ1n) is 11.9. The van der Waals surface area contributed by atoms with Crippen LogP contribution >= 0.6 is 0 Å². The third-order valence-electron chi connectivity index (χ3n) is 6.89. The molecule has 3 aliphatic rings. The van der Waals surface area contributed by atoms with Crippen LogP contribution in [0.1, 0.15) is 43.9 Å². The second-order valence-electron chi connectivity index (χ2n) is 9.69. The number of pyridine rings is 1. The Hall–Kier alpha value is -2.08. The number of fused-ring (bicyclic) bond motifs is 2. The van der Waals surface area contributed by atoms with Gasteiger partial charge in [-0.1, -0.05) is 6.92 Å². The number of aromatic nitrogens is 1. The fraction of sp³-hybridized carbons (Fsp3) is 0.640. The van der Waals surface area contributed by atoms with E-state index in [-0.39, 0.29) is 6.61 Å². The zero-order valence-corrected chi connectivity index (χ0v) is 18.8. The Kier molecular flexibility index (Phi) is 5.91. The Balaban J connectivity index is 1.40. The molecule has 168 valence electrons. The summed E-state index contributed by atoms with van der Waals surface area (Å²) in [4.78, 5) is 7.15. The number of methoxy groups -OCH3 is 1. The Morgan fingerprint density at radius 2 is 2.00 bits per heavy atom. The Morgan fingerprint density at radius 1 is 1.19 bits per heavy atom. The monoisotopic (exact) mass is 427 g/mol. The highest BCUT2D eigenvalue weighted by Gasteiger charge is 2.27. The summed E-state index contributed by atoms with van der Waals surface area (Å²) in [5, 5.41) is 4.81. The highest BCUT2D eigenvalue weighted by Crippen LogP contribution is 2.41. The quantitative estimate of drug-likeness (QED) is 0.633. The van der Waals surface area contributed by atoms with Crippen molar-refractivity contribution in [3.05, 3.63) is 23.4 Å². The predicted octanol–water partition coefficient (Wildman–Crippen LogP) is 4.61. The molecule has 2 heterocycles. The lowest BCUT2D eigenvalue weighted by atomic mass is 10.0. The molecule has 0 spiro atoms. The molecular formula is C25H34FN3O2. The highest BCUT2D eigenvalue weighted by atomic mass is 19.1. The Bertz CT molecular complexity index is 940. The van der Waals surface area contributed by atoms with Crippen molar-refractivity contribution in [2.24, 2.45) is 11.8 Å². The van der Waals surface area contributed by atoms with Crippen LogP contribution in [0.5, 0.6) is 11.5 Å². The molecule has 2 fully saturated rings. The number of halogens is 1. The van der Waals surface area contributed by atoms with E-state index >= 15 is 0 Å². The van der Waals surface area contributed by atoms with Gasteiger partial charge in [-0.05, 0) is 75.1 Å². The van der Waals surface area contributed by atoms with Crippen molar-refractivity contribution in [2.75, 3.05) is 45.2 Å². The van der Waals surface area contributed by atoms with Crippen LogP contribution < -0.4 is 14.8 Å². The van der Waals surface area contributed by atoms with E-state index in [2.05, 4.69) is 17.1 Å². The van der Waals surface area contributed by atoms with Gasteiger partial charge in [0.25, 0.3) is 0 Å². The van der Waals surface area contributed by atoms with Gasteiger partial charge in [-0.3, -0.25) is 4.98 Å². The van der Waals surface area contributed by atoms with Crippen LogP contribution in [0, 0.1) is 11.8 Å². The fourth-order valence-electron chi connectivity index (χ4n) is 5.02. The molecule has 1 aromatic carbocycles. The number of anilines is 1. The van der Waals surface area contributed by atoms with E-state index in [9.17, 15) is 4.39 Å². The van der Waals surface area contributed by atoms with Crippen LogP contribution in [-0.4, -0.2) is 56.0 Å². The number of hydrogen-bond donors (Lipinski definition) is 1. The normalized spacial score (nSPS) is 22.0. The molecule has 1 aliphatic heterocycles. The molecule has 5 nitrogen and oxygen atoms in total. The maximum atomic E-state index is 14.5. The van der Waals surface area contributed by atoms with Gasteiger partial charge in [-0.2, -0.15) is 0 Å². The maximum absolute atomic E-state index is 14.5. The number of alkyl halides is 1. The summed E-state index contributed by atoms with van der Waals surface area (Å²) < 4.78 is 26.1.